The molecule has 72 valence electrons. The second kappa shape index (κ2) is 5.55. The Morgan fingerprint density at radius 3 is 2.92 bits per heavy atom. The number of nitrogens with zero attached hydrogens (tertiary/aromatic N) is 1. The molecule has 0 aromatic heterocycles. The minimum Gasteiger partial charge on any atom is -0.381 e. The Morgan fingerprint density at radius 2 is 2.25 bits per heavy atom. The van der Waals surface area contributed by atoms with Crippen molar-refractivity contribution in [3.63, 3.8) is 0 Å². The van der Waals surface area contributed by atoms with Crippen LogP contribution in [0, 0.1) is 5.92 Å². The Kier molecular flexibility index (Phi) is 4.62. The molecule has 1 rings (SSSR count). The number of hydrogen-bond acceptors (Lipinski definition) is 2. The minimum atomic E-state index is 0.802. The average molecular weight is 171 g/mol. The first-order valence-electron chi connectivity index (χ1n) is 5.16. The van der Waals surface area contributed by atoms with E-state index in [0.717, 1.165) is 19.1 Å². The molecule has 1 aliphatic rings. The van der Waals surface area contributed by atoms with Gasteiger partial charge in [-0.3, -0.25) is 0 Å². The largest absolute Gasteiger partial charge is 0.381 e. The van der Waals surface area contributed by atoms with Crippen molar-refractivity contribution >= 4 is 0 Å². The monoisotopic (exact) mass is 171 g/mol. The zero-order chi connectivity index (χ0) is 8.81. The van der Waals surface area contributed by atoms with Crippen LogP contribution in [0.25, 0.3) is 0 Å². The van der Waals surface area contributed by atoms with Crippen molar-refractivity contribution < 1.29 is 4.74 Å². The van der Waals surface area contributed by atoms with E-state index in [4.69, 9.17) is 4.74 Å². The number of likely N-dealkylation sites (tertiary alicyclic amines) is 1. The Bertz CT molecular complexity index is 116. The molecule has 0 N–H and O–H groups in total. The standard InChI is InChI=1S/C10H21NO/c1-3-6-11-7-5-10(8-11)9-12-4-2/h10H,3-9H2,1-2H3. The first-order chi connectivity index (χ1) is 5.86. The van der Waals surface area contributed by atoms with E-state index in [1.54, 1.807) is 0 Å². The quantitative estimate of drug-likeness (QED) is 0.625. The van der Waals surface area contributed by atoms with Gasteiger partial charge in [0.1, 0.15) is 0 Å². The molecule has 0 aromatic carbocycles. The van der Waals surface area contributed by atoms with E-state index in [2.05, 4.69) is 18.7 Å². The van der Waals surface area contributed by atoms with E-state index >= 15 is 0 Å². The van der Waals surface area contributed by atoms with E-state index in [-0.39, 0.29) is 0 Å². The maximum Gasteiger partial charge on any atom is 0.0506 e. The summed E-state index contributed by atoms with van der Waals surface area (Å²) in [7, 11) is 0. The lowest BCUT2D eigenvalue weighted by Gasteiger charge is -2.14. The molecule has 1 unspecified atom stereocenters. The molecule has 0 aromatic rings. The molecular weight excluding hydrogens is 150 g/mol. The van der Waals surface area contributed by atoms with Gasteiger partial charge in [-0.25, -0.2) is 0 Å². The van der Waals surface area contributed by atoms with E-state index in [9.17, 15) is 0 Å². The van der Waals surface area contributed by atoms with Gasteiger partial charge in [-0.15, -0.1) is 0 Å². The van der Waals surface area contributed by atoms with Crippen LogP contribution in [0.1, 0.15) is 26.7 Å². The molecule has 0 aliphatic carbocycles. The molecule has 2 nitrogen and oxygen atoms in total. The van der Waals surface area contributed by atoms with E-state index in [1.165, 1.54) is 32.5 Å². The van der Waals surface area contributed by atoms with E-state index in [0.29, 0.717) is 0 Å². The third kappa shape index (κ3) is 3.11. The van der Waals surface area contributed by atoms with Gasteiger partial charge in [-0.05, 0) is 38.8 Å². The Morgan fingerprint density at radius 1 is 1.42 bits per heavy atom. The summed E-state index contributed by atoms with van der Waals surface area (Å²) in [4.78, 5) is 2.55. The Hall–Kier alpha value is -0.0800. The van der Waals surface area contributed by atoms with Gasteiger partial charge in [-0.2, -0.15) is 0 Å². The van der Waals surface area contributed by atoms with Gasteiger partial charge in [0, 0.05) is 13.2 Å². The van der Waals surface area contributed by atoms with Crippen LogP contribution in [0.5, 0.6) is 0 Å². The predicted molar refractivity (Wildman–Crippen MR) is 51.3 cm³/mol. The first kappa shape index (κ1) is 10.0. The Balaban J connectivity index is 2.08. The molecule has 0 spiro atoms. The summed E-state index contributed by atoms with van der Waals surface area (Å²) in [5.41, 5.74) is 0. The van der Waals surface area contributed by atoms with Crippen LogP contribution in [0.3, 0.4) is 0 Å². The van der Waals surface area contributed by atoms with Crippen molar-refractivity contribution in [1.82, 2.24) is 4.90 Å². The van der Waals surface area contributed by atoms with Gasteiger partial charge in [0.2, 0.25) is 0 Å². The summed E-state index contributed by atoms with van der Waals surface area (Å²) in [6.45, 7) is 9.96. The van der Waals surface area contributed by atoms with E-state index in [1.807, 2.05) is 0 Å². The number of ether oxygens (including phenoxy) is 1. The van der Waals surface area contributed by atoms with Crippen molar-refractivity contribution in [3.05, 3.63) is 0 Å². The molecule has 0 radical (unpaired) electrons. The van der Waals surface area contributed by atoms with Gasteiger partial charge in [0.15, 0.2) is 0 Å². The van der Waals surface area contributed by atoms with Crippen molar-refractivity contribution in [2.24, 2.45) is 5.92 Å². The molecule has 2 heteroatoms. The van der Waals surface area contributed by atoms with Crippen molar-refractivity contribution in [3.8, 4) is 0 Å². The molecule has 1 aliphatic heterocycles. The van der Waals surface area contributed by atoms with Crippen LogP contribution in [0.4, 0.5) is 0 Å². The topological polar surface area (TPSA) is 12.5 Å². The molecular formula is C10H21NO. The SMILES string of the molecule is CCCN1CCC(COCC)C1. The number of rotatable bonds is 5. The zero-order valence-corrected chi connectivity index (χ0v) is 8.38. The summed E-state index contributed by atoms with van der Waals surface area (Å²) in [6.07, 6.45) is 2.61. The normalized spacial score (nSPS) is 25.0. The molecule has 1 atom stereocenters. The summed E-state index contributed by atoms with van der Waals surface area (Å²) < 4.78 is 5.42. The average Bonchev–Trinajstić information content (AvgIpc) is 2.50. The predicted octanol–water partition coefficient (Wildman–Crippen LogP) is 1.75. The van der Waals surface area contributed by atoms with Gasteiger partial charge in [0.05, 0.1) is 6.61 Å². The van der Waals surface area contributed by atoms with Crippen molar-refractivity contribution in [1.29, 1.82) is 0 Å². The highest BCUT2D eigenvalue weighted by Crippen LogP contribution is 2.16. The van der Waals surface area contributed by atoms with Crippen LogP contribution in [-0.4, -0.2) is 37.7 Å². The highest BCUT2D eigenvalue weighted by molar-refractivity contribution is 4.74. The van der Waals surface area contributed by atoms with Gasteiger partial charge in [0.25, 0.3) is 0 Å². The molecule has 0 bridgehead atoms. The maximum absolute atomic E-state index is 5.42. The molecule has 0 saturated carbocycles. The third-order valence-electron chi connectivity index (χ3n) is 2.47. The fourth-order valence-corrected chi connectivity index (χ4v) is 1.85. The van der Waals surface area contributed by atoms with Gasteiger partial charge >= 0.3 is 0 Å². The highest BCUT2D eigenvalue weighted by atomic mass is 16.5. The summed E-state index contributed by atoms with van der Waals surface area (Å²) in [5.74, 6) is 0.802. The fraction of sp³-hybridized carbons (Fsp3) is 1.00. The minimum absolute atomic E-state index is 0.802. The second-order valence-electron chi connectivity index (χ2n) is 3.61. The lowest BCUT2D eigenvalue weighted by Crippen LogP contribution is -2.22. The van der Waals surface area contributed by atoms with Crippen LogP contribution in [0.15, 0.2) is 0 Å². The summed E-state index contributed by atoms with van der Waals surface area (Å²) in [5, 5.41) is 0. The maximum atomic E-state index is 5.42. The van der Waals surface area contributed by atoms with Crippen molar-refractivity contribution in [2.45, 2.75) is 26.7 Å². The van der Waals surface area contributed by atoms with E-state index < -0.39 is 0 Å². The third-order valence-corrected chi connectivity index (χ3v) is 2.47. The highest BCUT2D eigenvalue weighted by Gasteiger charge is 2.21. The lowest BCUT2D eigenvalue weighted by atomic mass is 10.1. The first-order valence-corrected chi connectivity index (χ1v) is 5.16. The lowest BCUT2D eigenvalue weighted by molar-refractivity contribution is 0.112. The van der Waals surface area contributed by atoms with Crippen LogP contribution >= 0.6 is 0 Å². The molecule has 12 heavy (non-hydrogen) atoms. The number of hydrogen-bond donors (Lipinski definition) is 0. The second-order valence-corrected chi connectivity index (χ2v) is 3.61. The zero-order valence-electron chi connectivity index (χ0n) is 8.38. The molecule has 1 fully saturated rings. The van der Waals surface area contributed by atoms with Crippen LogP contribution in [-0.2, 0) is 4.74 Å². The smallest absolute Gasteiger partial charge is 0.0506 e. The van der Waals surface area contributed by atoms with Gasteiger partial charge < -0.3 is 9.64 Å². The summed E-state index contributed by atoms with van der Waals surface area (Å²) >= 11 is 0. The van der Waals surface area contributed by atoms with Gasteiger partial charge in [-0.1, -0.05) is 6.92 Å². The van der Waals surface area contributed by atoms with Crippen LogP contribution < -0.4 is 0 Å². The van der Waals surface area contributed by atoms with Crippen LogP contribution in [0.2, 0.25) is 0 Å². The molecule has 1 saturated heterocycles. The fourth-order valence-electron chi connectivity index (χ4n) is 1.85. The summed E-state index contributed by atoms with van der Waals surface area (Å²) in [6, 6.07) is 0. The van der Waals surface area contributed by atoms with Crippen molar-refractivity contribution in [2.75, 3.05) is 32.8 Å². The molecule has 0 amide bonds. The Labute approximate surface area is 75.9 Å². The molecule has 1 heterocycles.